The van der Waals surface area contributed by atoms with Crippen LogP contribution in [0.1, 0.15) is 11.3 Å². The Hall–Kier alpha value is -1.13. The van der Waals surface area contributed by atoms with Crippen molar-refractivity contribution >= 4 is 15.9 Å². The Bertz CT molecular complexity index is 476. The standard InChI is InChI=1S/C11H12BrN3/c1-8-3-2-4-10(11(8)12)15-6-5-9(7-13)14-15/h2-6H,7,13H2,1H3. The van der Waals surface area contributed by atoms with Crippen molar-refractivity contribution in [2.75, 3.05) is 0 Å². The number of aryl methyl sites for hydroxylation is 1. The van der Waals surface area contributed by atoms with Crippen LogP contribution >= 0.6 is 15.9 Å². The van der Waals surface area contributed by atoms with Crippen molar-refractivity contribution < 1.29 is 0 Å². The van der Waals surface area contributed by atoms with Gasteiger partial charge < -0.3 is 5.73 Å². The molecule has 78 valence electrons. The number of benzene rings is 1. The Morgan fingerprint density at radius 1 is 1.40 bits per heavy atom. The molecule has 2 rings (SSSR count). The Morgan fingerprint density at radius 3 is 2.87 bits per heavy atom. The Morgan fingerprint density at radius 2 is 2.20 bits per heavy atom. The minimum Gasteiger partial charge on any atom is -0.325 e. The first-order chi connectivity index (χ1) is 7.22. The van der Waals surface area contributed by atoms with Gasteiger partial charge in [-0.3, -0.25) is 0 Å². The van der Waals surface area contributed by atoms with Crippen LogP contribution in [0.15, 0.2) is 34.9 Å². The van der Waals surface area contributed by atoms with E-state index in [1.807, 2.05) is 29.1 Å². The molecule has 0 aliphatic heterocycles. The lowest BCUT2D eigenvalue weighted by Gasteiger charge is -2.06. The third kappa shape index (κ3) is 1.96. The van der Waals surface area contributed by atoms with Crippen LogP contribution in [0.3, 0.4) is 0 Å². The van der Waals surface area contributed by atoms with Crippen LogP contribution in [0.4, 0.5) is 0 Å². The van der Waals surface area contributed by atoms with Gasteiger partial charge in [-0.15, -0.1) is 0 Å². The summed E-state index contributed by atoms with van der Waals surface area (Å²) < 4.78 is 2.90. The summed E-state index contributed by atoms with van der Waals surface area (Å²) in [7, 11) is 0. The summed E-state index contributed by atoms with van der Waals surface area (Å²) in [5, 5.41) is 4.36. The molecular weight excluding hydrogens is 254 g/mol. The second-order valence-corrected chi connectivity index (χ2v) is 4.16. The fourth-order valence-electron chi connectivity index (χ4n) is 1.41. The maximum absolute atomic E-state index is 5.52. The molecule has 0 spiro atoms. The van der Waals surface area contributed by atoms with E-state index in [1.54, 1.807) is 0 Å². The molecule has 15 heavy (non-hydrogen) atoms. The van der Waals surface area contributed by atoms with Crippen molar-refractivity contribution in [3.63, 3.8) is 0 Å². The third-order valence-corrected chi connectivity index (χ3v) is 3.30. The number of rotatable bonds is 2. The van der Waals surface area contributed by atoms with Gasteiger partial charge in [0.05, 0.1) is 11.4 Å². The molecule has 0 atom stereocenters. The molecule has 4 heteroatoms. The van der Waals surface area contributed by atoms with Crippen molar-refractivity contribution in [2.45, 2.75) is 13.5 Å². The van der Waals surface area contributed by atoms with Crippen LogP contribution in [-0.4, -0.2) is 9.78 Å². The van der Waals surface area contributed by atoms with Crippen LogP contribution in [0.25, 0.3) is 5.69 Å². The lowest BCUT2D eigenvalue weighted by molar-refractivity contribution is 0.829. The van der Waals surface area contributed by atoms with Gasteiger partial charge >= 0.3 is 0 Å². The van der Waals surface area contributed by atoms with Crippen molar-refractivity contribution in [3.8, 4) is 5.69 Å². The molecule has 2 N–H and O–H groups in total. The SMILES string of the molecule is Cc1cccc(-n2ccc(CN)n2)c1Br. The molecule has 0 aliphatic carbocycles. The average molecular weight is 266 g/mol. The Balaban J connectivity index is 2.49. The van der Waals surface area contributed by atoms with Crippen molar-refractivity contribution in [2.24, 2.45) is 5.73 Å². The summed E-state index contributed by atoms with van der Waals surface area (Å²) in [5.74, 6) is 0. The number of hydrogen-bond donors (Lipinski definition) is 1. The first-order valence-electron chi connectivity index (χ1n) is 4.72. The molecule has 3 nitrogen and oxygen atoms in total. The average Bonchev–Trinajstić information content (AvgIpc) is 2.70. The topological polar surface area (TPSA) is 43.8 Å². The minimum atomic E-state index is 0.469. The van der Waals surface area contributed by atoms with Gasteiger partial charge in [0.2, 0.25) is 0 Å². The molecule has 0 bridgehead atoms. The fraction of sp³-hybridized carbons (Fsp3) is 0.182. The molecule has 0 radical (unpaired) electrons. The van der Waals surface area contributed by atoms with E-state index >= 15 is 0 Å². The molecule has 2 aromatic rings. The quantitative estimate of drug-likeness (QED) is 0.907. The third-order valence-electron chi connectivity index (χ3n) is 2.27. The summed E-state index contributed by atoms with van der Waals surface area (Å²) in [6, 6.07) is 8.01. The van der Waals surface area contributed by atoms with E-state index in [9.17, 15) is 0 Å². The first-order valence-corrected chi connectivity index (χ1v) is 5.52. The van der Waals surface area contributed by atoms with Gasteiger partial charge in [0.25, 0.3) is 0 Å². The smallest absolute Gasteiger partial charge is 0.0790 e. The zero-order valence-corrected chi connectivity index (χ0v) is 10.0. The summed E-state index contributed by atoms with van der Waals surface area (Å²) in [6.07, 6.45) is 1.92. The van der Waals surface area contributed by atoms with E-state index in [0.29, 0.717) is 6.54 Å². The fourth-order valence-corrected chi connectivity index (χ4v) is 1.86. The molecule has 1 aromatic carbocycles. The summed E-state index contributed by atoms with van der Waals surface area (Å²) >= 11 is 3.56. The van der Waals surface area contributed by atoms with Gasteiger partial charge in [-0.2, -0.15) is 5.10 Å². The molecular formula is C11H12BrN3. The number of nitrogens with zero attached hydrogens (tertiary/aromatic N) is 2. The highest BCUT2D eigenvalue weighted by molar-refractivity contribution is 9.10. The van der Waals surface area contributed by atoms with Crippen LogP contribution in [0.2, 0.25) is 0 Å². The highest BCUT2D eigenvalue weighted by Crippen LogP contribution is 2.24. The first kappa shape index (κ1) is 10.4. The van der Waals surface area contributed by atoms with E-state index in [0.717, 1.165) is 15.9 Å². The van der Waals surface area contributed by atoms with Gasteiger partial charge in [0, 0.05) is 17.2 Å². The lowest BCUT2D eigenvalue weighted by Crippen LogP contribution is -2.01. The van der Waals surface area contributed by atoms with Gasteiger partial charge in [-0.1, -0.05) is 12.1 Å². The summed E-state index contributed by atoms with van der Waals surface area (Å²) in [5.41, 5.74) is 8.64. The number of aromatic nitrogens is 2. The van der Waals surface area contributed by atoms with Gasteiger partial charge in [-0.05, 0) is 40.5 Å². The predicted molar refractivity (Wildman–Crippen MR) is 63.9 cm³/mol. The minimum absolute atomic E-state index is 0.469. The molecule has 0 amide bonds. The summed E-state index contributed by atoms with van der Waals surface area (Å²) in [4.78, 5) is 0. The molecule has 0 saturated carbocycles. The normalized spacial score (nSPS) is 10.6. The highest BCUT2D eigenvalue weighted by Gasteiger charge is 2.05. The predicted octanol–water partition coefficient (Wildman–Crippen LogP) is 2.40. The second-order valence-electron chi connectivity index (χ2n) is 3.36. The maximum atomic E-state index is 5.52. The monoisotopic (exact) mass is 265 g/mol. The Kier molecular flexibility index (Phi) is 2.88. The molecule has 1 aromatic heterocycles. The van der Waals surface area contributed by atoms with Gasteiger partial charge in [-0.25, -0.2) is 4.68 Å². The van der Waals surface area contributed by atoms with Gasteiger partial charge in [0.15, 0.2) is 0 Å². The molecule has 0 unspecified atom stereocenters. The van der Waals surface area contributed by atoms with Crippen LogP contribution in [0, 0.1) is 6.92 Å². The zero-order chi connectivity index (χ0) is 10.8. The van der Waals surface area contributed by atoms with E-state index < -0.39 is 0 Å². The molecule has 0 aliphatic rings. The molecule has 1 heterocycles. The maximum Gasteiger partial charge on any atom is 0.0790 e. The molecule has 0 fully saturated rings. The highest BCUT2D eigenvalue weighted by atomic mass is 79.9. The van der Waals surface area contributed by atoms with E-state index in [4.69, 9.17) is 5.73 Å². The zero-order valence-electron chi connectivity index (χ0n) is 8.44. The van der Waals surface area contributed by atoms with E-state index in [2.05, 4.69) is 34.0 Å². The largest absolute Gasteiger partial charge is 0.325 e. The van der Waals surface area contributed by atoms with Crippen molar-refractivity contribution in [1.29, 1.82) is 0 Å². The van der Waals surface area contributed by atoms with Crippen molar-refractivity contribution in [3.05, 3.63) is 46.2 Å². The summed E-state index contributed by atoms with van der Waals surface area (Å²) in [6.45, 7) is 2.53. The number of halogens is 1. The molecule has 0 saturated heterocycles. The second kappa shape index (κ2) is 4.16. The Labute approximate surface area is 97.0 Å². The van der Waals surface area contributed by atoms with Crippen LogP contribution in [-0.2, 0) is 6.54 Å². The van der Waals surface area contributed by atoms with Gasteiger partial charge in [0.1, 0.15) is 0 Å². The van der Waals surface area contributed by atoms with E-state index in [1.165, 1.54) is 5.56 Å². The van der Waals surface area contributed by atoms with Crippen LogP contribution < -0.4 is 5.73 Å². The van der Waals surface area contributed by atoms with Crippen LogP contribution in [0.5, 0.6) is 0 Å². The van der Waals surface area contributed by atoms with E-state index in [-0.39, 0.29) is 0 Å². The van der Waals surface area contributed by atoms with Crippen molar-refractivity contribution in [1.82, 2.24) is 9.78 Å². The number of nitrogens with two attached hydrogens (primary N) is 1. The number of hydrogen-bond acceptors (Lipinski definition) is 2. The lowest BCUT2D eigenvalue weighted by atomic mass is 10.2.